The molecule has 2 aromatic carbocycles. The van der Waals surface area contributed by atoms with E-state index in [2.05, 4.69) is 20.7 Å². The lowest BCUT2D eigenvalue weighted by Gasteiger charge is -2.24. The van der Waals surface area contributed by atoms with Gasteiger partial charge in [0.2, 0.25) is 0 Å². The first-order valence-corrected chi connectivity index (χ1v) is 13.9. The van der Waals surface area contributed by atoms with E-state index >= 15 is 0 Å². The largest absolute Gasteiger partial charge is 0.456 e. The Morgan fingerprint density at radius 1 is 1.12 bits per heavy atom. The molecule has 224 valence electrons. The van der Waals surface area contributed by atoms with Crippen LogP contribution in [0.4, 0.5) is 14.5 Å². The molecule has 5 rings (SSSR count). The number of nitrogen functional groups attached to an aromatic ring is 1. The van der Waals surface area contributed by atoms with E-state index < -0.39 is 29.0 Å². The van der Waals surface area contributed by atoms with E-state index in [1.54, 1.807) is 6.07 Å². The first kappa shape index (κ1) is 29.6. The quantitative estimate of drug-likeness (QED) is 0.255. The summed E-state index contributed by atoms with van der Waals surface area (Å²) in [6.07, 6.45) is 3.27. The Kier molecular flexibility index (Phi) is 7.87. The fourth-order valence-corrected chi connectivity index (χ4v) is 5.04. The number of hydrogen-bond donors (Lipinski definition) is 3. The van der Waals surface area contributed by atoms with E-state index in [0.29, 0.717) is 30.4 Å². The van der Waals surface area contributed by atoms with E-state index in [0.717, 1.165) is 28.8 Å². The lowest BCUT2D eigenvalue weighted by atomic mass is 9.97. The number of nitrogens with zero attached hydrogens (tertiary/aromatic N) is 3. The van der Waals surface area contributed by atoms with Gasteiger partial charge in [-0.05, 0) is 80.5 Å². The molecule has 0 unspecified atom stereocenters. The summed E-state index contributed by atoms with van der Waals surface area (Å²) in [6.45, 7) is 7.47. The maximum atomic E-state index is 13.6. The number of amides is 2. The molecule has 0 radical (unpaired) electrons. The normalized spacial score (nSPS) is 14.4. The van der Waals surface area contributed by atoms with E-state index in [-0.39, 0.29) is 41.3 Å². The van der Waals surface area contributed by atoms with Crippen LogP contribution in [-0.4, -0.2) is 38.0 Å². The number of esters is 1. The molecule has 2 amide bonds. The predicted octanol–water partition coefficient (Wildman–Crippen LogP) is 4.59. The number of hydrogen-bond acceptors (Lipinski definition) is 7. The number of aromatic nitrogens is 3. The zero-order valence-corrected chi connectivity index (χ0v) is 24.3. The first-order valence-electron chi connectivity index (χ1n) is 13.9. The summed E-state index contributed by atoms with van der Waals surface area (Å²) >= 11 is 0. The maximum Gasteiger partial charge on any atom is 0.338 e. The van der Waals surface area contributed by atoms with Gasteiger partial charge >= 0.3 is 5.97 Å². The van der Waals surface area contributed by atoms with Gasteiger partial charge in [-0.15, -0.1) is 0 Å². The second kappa shape index (κ2) is 11.4. The van der Waals surface area contributed by atoms with Gasteiger partial charge in [-0.2, -0.15) is 5.10 Å². The van der Waals surface area contributed by atoms with Gasteiger partial charge in [-0.3, -0.25) is 9.59 Å². The number of nitrogens with two attached hydrogens (primary N) is 1. The van der Waals surface area contributed by atoms with Crippen molar-refractivity contribution >= 4 is 29.1 Å². The number of ether oxygens (including phenoxy) is 1. The molecule has 1 atom stereocenters. The average molecular weight is 591 g/mol. The summed E-state index contributed by atoms with van der Waals surface area (Å²) < 4.78 is 33.8. The fraction of sp³-hybridized carbons (Fsp3) is 0.323. The van der Waals surface area contributed by atoms with Crippen LogP contribution in [0.5, 0.6) is 0 Å². The minimum Gasteiger partial charge on any atom is -0.456 e. The van der Waals surface area contributed by atoms with Crippen LogP contribution in [-0.2, 0) is 17.7 Å². The summed E-state index contributed by atoms with van der Waals surface area (Å²) in [5.41, 5.74) is 9.17. The predicted molar refractivity (Wildman–Crippen MR) is 154 cm³/mol. The smallest absolute Gasteiger partial charge is 0.338 e. The van der Waals surface area contributed by atoms with E-state index in [9.17, 15) is 23.2 Å². The maximum absolute atomic E-state index is 13.6. The molecule has 0 aliphatic heterocycles. The van der Waals surface area contributed by atoms with E-state index in [4.69, 9.17) is 10.5 Å². The molecule has 0 saturated carbocycles. The number of nitrogens with one attached hydrogen (secondary N) is 2. The molecular formula is C31H32F2N6O4. The molecular weight excluding hydrogens is 558 g/mol. The Bertz CT molecular complexity index is 1770. The highest BCUT2D eigenvalue weighted by atomic mass is 19.2. The van der Waals surface area contributed by atoms with Crippen molar-refractivity contribution in [3.8, 4) is 0 Å². The Balaban J connectivity index is 1.37. The number of carbonyl (C=O) groups is 3. The fourth-order valence-electron chi connectivity index (χ4n) is 5.04. The average Bonchev–Trinajstić information content (AvgIpc) is 3.56. The van der Waals surface area contributed by atoms with Crippen molar-refractivity contribution < 1.29 is 27.9 Å². The van der Waals surface area contributed by atoms with Crippen LogP contribution in [0.25, 0.3) is 5.65 Å². The lowest BCUT2D eigenvalue weighted by molar-refractivity contribution is -0.00254. The molecule has 1 aliphatic carbocycles. The molecule has 0 bridgehead atoms. The zero-order valence-electron chi connectivity index (χ0n) is 24.3. The second-order valence-corrected chi connectivity index (χ2v) is 11.2. The van der Waals surface area contributed by atoms with Crippen LogP contribution in [0.15, 0.2) is 42.6 Å². The van der Waals surface area contributed by atoms with Crippen molar-refractivity contribution in [2.45, 2.75) is 65.1 Å². The minimum atomic E-state index is -1.03. The minimum absolute atomic E-state index is 0.0341. The van der Waals surface area contributed by atoms with Crippen LogP contribution in [0.3, 0.4) is 0 Å². The van der Waals surface area contributed by atoms with Crippen LogP contribution < -0.4 is 16.4 Å². The Morgan fingerprint density at radius 2 is 1.88 bits per heavy atom. The van der Waals surface area contributed by atoms with Gasteiger partial charge in [0.25, 0.3) is 11.8 Å². The van der Waals surface area contributed by atoms with Crippen molar-refractivity contribution in [3.05, 3.63) is 93.4 Å². The third kappa shape index (κ3) is 5.90. The number of halogens is 2. The van der Waals surface area contributed by atoms with Crippen molar-refractivity contribution in [2.75, 3.05) is 5.73 Å². The summed E-state index contributed by atoms with van der Waals surface area (Å²) in [4.78, 5) is 43.7. The molecule has 10 nitrogen and oxygen atoms in total. The van der Waals surface area contributed by atoms with Crippen molar-refractivity contribution in [1.29, 1.82) is 0 Å². The van der Waals surface area contributed by atoms with Crippen LogP contribution in [0, 0.1) is 18.6 Å². The Labute approximate surface area is 246 Å². The van der Waals surface area contributed by atoms with Crippen LogP contribution in [0.1, 0.15) is 93.2 Å². The molecule has 4 aromatic rings. The van der Waals surface area contributed by atoms with Crippen LogP contribution >= 0.6 is 0 Å². The Hall–Kier alpha value is -4.87. The summed E-state index contributed by atoms with van der Waals surface area (Å²) in [7, 11) is 0. The summed E-state index contributed by atoms with van der Waals surface area (Å²) in [5, 5.41) is 9.78. The SMILES string of the molecule is CCC(C)(C)OC(=O)c1ccc2c(c1C)CC[C@@H]2NC(=O)c1cc(C(=O)NCc2ccc(F)c(F)c2)nc2c(N)cnn12. The highest BCUT2D eigenvalue weighted by molar-refractivity contribution is 5.99. The van der Waals surface area contributed by atoms with E-state index in [1.807, 2.05) is 33.8 Å². The second-order valence-electron chi connectivity index (χ2n) is 11.2. The van der Waals surface area contributed by atoms with Gasteiger partial charge in [0, 0.05) is 12.6 Å². The molecule has 2 heterocycles. The highest BCUT2D eigenvalue weighted by Crippen LogP contribution is 2.35. The molecule has 0 spiro atoms. The summed E-state index contributed by atoms with van der Waals surface area (Å²) in [5.74, 6) is -3.56. The van der Waals surface area contributed by atoms with Crippen LogP contribution in [0.2, 0.25) is 0 Å². The van der Waals surface area contributed by atoms with Crippen molar-refractivity contribution in [3.63, 3.8) is 0 Å². The molecule has 0 saturated heterocycles. The number of rotatable bonds is 8. The molecule has 43 heavy (non-hydrogen) atoms. The van der Waals surface area contributed by atoms with Gasteiger partial charge in [0.15, 0.2) is 17.3 Å². The van der Waals surface area contributed by atoms with Crippen molar-refractivity contribution in [1.82, 2.24) is 25.2 Å². The highest BCUT2D eigenvalue weighted by Gasteiger charge is 2.30. The monoisotopic (exact) mass is 590 g/mol. The molecule has 0 fully saturated rings. The molecule has 12 heteroatoms. The number of fused-ring (bicyclic) bond motifs is 2. The molecule has 2 aromatic heterocycles. The molecule has 1 aliphatic rings. The lowest BCUT2D eigenvalue weighted by Crippen LogP contribution is -2.31. The van der Waals surface area contributed by atoms with Gasteiger partial charge < -0.3 is 21.1 Å². The van der Waals surface area contributed by atoms with Crippen molar-refractivity contribution in [2.24, 2.45) is 0 Å². The number of carbonyl (C=O) groups excluding carboxylic acids is 3. The first-order chi connectivity index (χ1) is 20.4. The molecule has 4 N–H and O–H groups in total. The number of benzene rings is 2. The third-order valence-corrected chi connectivity index (χ3v) is 7.84. The third-order valence-electron chi connectivity index (χ3n) is 7.84. The van der Waals surface area contributed by atoms with Gasteiger partial charge in [-0.1, -0.05) is 19.1 Å². The standard InChI is InChI=1S/C31H32F2N6O4/c1-5-31(3,4)43-30(42)19-7-8-20-18(16(19)2)9-11-24(20)38-29(41)26-13-25(37-27-23(34)15-36-39(26)27)28(40)35-14-17-6-10-21(32)22(33)12-17/h6-8,10,12-13,15,24H,5,9,11,14,34H2,1-4H3,(H,35,40)(H,38,41)/t24-/m0/s1. The number of anilines is 1. The summed E-state index contributed by atoms with van der Waals surface area (Å²) in [6, 6.07) is 7.81. The van der Waals surface area contributed by atoms with E-state index in [1.165, 1.54) is 22.8 Å². The van der Waals surface area contributed by atoms with Gasteiger partial charge in [0.05, 0.1) is 23.5 Å². The topological polar surface area (TPSA) is 141 Å². The van der Waals surface area contributed by atoms with Gasteiger partial charge in [0.1, 0.15) is 17.0 Å². The Morgan fingerprint density at radius 3 is 2.60 bits per heavy atom. The van der Waals surface area contributed by atoms with Gasteiger partial charge in [-0.25, -0.2) is 23.1 Å². The zero-order chi connectivity index (χ0) is 31.1.